The zero-order valence-electron chi connectivity index (χ0n) is 5.64. The van der Waals surface area contributed by atoms with Gasteiger partial charge >= 0.3 is 12.1 Å². The molecule has 12 heavy (non-hydrogen) atoms. The second kappa shape index (κ2) is 2.64. The Morgan fingerprint density at radius 1 is 1.50 bits per heavy atom. The molecule has 0 amide bonds. The molecule has 0 radical (unpaired) electrons. The molecule has 1 heterocycles. The molecular weight excluding hydrogens is 177 g/mol. The van der Waals surface area contributed by atoms with E-state index < -0.39 is 30.2 Å². The Kier molecular flexibility index (Phi) is 1.94. The molecule has 0 spiro atoms. The molecular formula is C6H3F3O3. The molecule has 1 atom stereocenters. The topological polar surface area (TPSA) is 43.4 Å². The molecule has 0 aromatic heterocycles. The van der Waals surface area contributed by atoms with Gasteiger partial charge in [0.05, 0.1) is 0 Å². The average molecular weight is 180 g/mol. The molecule has 1 unspecified atom stereocenters. The highest BCUT2D eigenvalue weighted by molar-refractivity contribution is 5.79. The van der Waals surface area contributed by atoms with Crippen molar-refractivity contribution in [2.45, 2.75) is 12.6 Å². The lowest BCUT2D eigenvalue weighted by molar-refractivity contribution is -0.184. The minimum Gasteiger partial charge on any atom is -0.419 e. The Hall–Kier alpha value is -1.29. The summed E-state index contributed by atoms with van der Waals surface area (Å²) in [6, 6.07) is 0. The number of carbonyl (C=O) groups excluding carboxylic acids is 2. The second-order valence-corrected chi connectivity index (χ2v) is 2.24. The van der Waals surface area contributed by atoms with E-state index >= 15 is 0 Å². The molecule has 0 aromatic carbocycles. The summed E-state index contributed by atoms with van der Waals surface area (Å²) in [6.45, 7) is 0. The normalized spacial score (nSPS) is 23.8. The van der Waals surface area contributed by atoms with Crippen LogP contribution in [0.25, 0.3) is 0 Å². The third-order valence-corrected chi connectivity index (χ3v) is 1.41. The first-order valence-corrected chi connectivity index (χ1v) is 2.97. The lowest BCUT2D eigenvalue weighted by Gasteiger charge is -2.08. The van der Waals surface area contributed by atoms with Gasteiger partial charge < -0.3 is 4.74 Å². The summed E-state index contributed by atoms with van der Waals surface area (Å²) in [5, 5.41) is 0. The van der Waals surface area contributed by atoms with E-state index in [1.807, 2.05) is 0 Å². The molecule has 0 aliphatic carbocycles. The van der Waals surface area contributed by atoms with Crippen molar-refractivity contribution in [3.63, 3.8) is 0 Å². The van der Waals surface area contributed by atoms with E-state index in [2.05, 4.69) is 4.74 Å². The molecule has 1 rings (SSSR count). The first-order valence-electron chi connectivity index (χ1n) is 2.97. The van der Waals surface area contributed by atoms with Crippen molar-refractivity contribution in [1.82, 2.24) is 0 Å². The fraction of sp³-hybridized carbons (Fsp3) is 0.500. The molecule has 66 valence electrons. The van der Waals surface area contributed by atoms with Crippen LogP contribution >= 0.6 is 0 Å². The maximum Gasteiger partial charge on any atom is 0.402 e. The van der Waals surface area contributed by atoms with Crippen LogP contribution in [0.2, 0.25) is 0 Å². The fourth-order valence-electron chi connectivity index (χ4n) is 0.815. The Morgan fingerprint density at radius 2 is 2.08 bits per heavy atom. The van der Waals surface area contributed by atoms with E-state index in [9.17, 15) is 22.8 Å². The van der Waals surface area contributed by atoms with Crippen LogP contribution in [0.5, 0.6) is 0 Å². The van der Waals surface area contributed by atoms with Crippen LogP contribution in [0.1, 0.15) is 6.42 Å². The summed E-state index contributed by atoms with van der Waals surface area (Å²) >= 11 is 0. The number of hydrogen-bond acceptors (Lipinski definition) is 3. The van der Waals surface area contributed by atoms with Crippen molar-refractivity contribution in [3.05, 3.63) is 5.76 Å². The number of esters is 1. The van der Waals surface area contributed by atoms with Crippen molar-refractivity contribution in [2.24, 2.45) is 5.92 Å². The third-order valence-electron chi connectivity index (χ3n) is 1.41. The van der Waals surface area contributed by atoms with Crippen molar-refractivity contribution in [2.75, 3.05) is 0 Å². The van der Waals surface area contributed by atoms with Gasteiger partial charge in [0.2, 0.25) is 0 Å². The van der Waals surface area contributed by atoms with E-state index in [1.54, 1.807) is 0 Å². The number of halogens is 3. The summed E-state index contributed by atoms with van der Waals surface area (Å²) in [4.78, 5) is 20.3. The molecule has 3 nitrogen and oxygen atoms in total. The standard InChI is InChI=1S/C6H3F3O3/c7-6(8,9)4-1-3(2-10)12-5(4)11/h4H,1H2. The van der Waals surface area contributed by atoms with Crippen molar-refractivity contribution in [3.8, 4) is 0 Å². The third kappa shape index (κ3) is 1.48. The van der Waals surface area contributed by atoms with Crippen LogP contribution < -0.4 is 0 Å². The number of allylic oxidation sites excluding steroid dienone is 1. The highest BCUT2D eigenvalue weighted by Crippen LogP contribution is 2.36. The van der Waals surface area contributed by atoms with Gasteiger partial charge in [-0.1, -0.05) is 0 Å². The largest absolute Gasteiger partial charge is 0.419 e. The first-order chi connectivity index (χ1) is 5.45. The maximum atomic E-state index is 11.9. The van der Waals surface area contributed by atoms with Gasteiger partial charge in [-0.15, -0.1) is 0 Å². The van der Waals surface area contributed by atoms with E-state index in [0.29, 0.717) is 0 Å². The Labute approximate surface area is 64.8 Å². The van der Waals surface area contributed by atoms with Gasteiger partial charge in [0.25, 0.3) is 0 Å². The minimum atomic E-state index is -4.64. The predicted molar refractivity (Wildman–Crippen MR) is 29.5 cm³/mol. The van der Waals surface area contributed by atoms with Gasteiger partial charge in [0.1, 0.15) is 0 Å². The van der Waals surface area contributed by atoms with Crippen molar-refractivity contribution < 1.29 is 27.5 Å². The molecule has 1 fully saturated rings. The van der Waals surface area contributed by atoms with Crippen LogP contribution in [-0.4, -0.2) is 18.1 Å². The van der Waals surface area contributed by atoms with Gasteiger partial charge in [-0.3, -0.25) is 4.79 Å². The predicted octanol–water partition coefficient (Wildman–Crippen LogP) is 0.827. The molecule has 1 aliphatic rings. The summed E-state index contributed by atoms with van der Waals surface area (Å²) in [5.41, 5.74) is 0. The SMILES string of the molecule is O=C=C1CC(C(F)(F)F)C(=O)O1. The Bertz CT molecular complexity index is 262. The monoisotopic (exact) mass is 180 g/mol. The molecule has 6 heteroatoms. The van der Waals surface area contributed by atoms with Crippen LogP contribution in [0.4, 0.5) is 13.2 Å². The summed E-state index contributed by atoms with van der Waals surface area (Å²) < 4.78 is 39.6. The number of ether oxygens (including phenoxy) is 1. The lowest BCUT2D eigenvalue weighted by atomic mass is 10.1. The molecule has 0 saturated carbocycles. The van der Waals surface area contributed by atoms with Gasteiger partial charge in [-0.2, -0.15) is 13.2 Å². The number of alkyl halides is 3. The minimum absolute atomic E-state index is 0.581. The summed E-state index contributed by atoms with van der Waals surface area (Å²) in [5.74, 6) is -3.09. The first kappa shape index (κ1) is 8.80. The molecule has 0 aromatic rings. The lowest BCUT2D eigenvalue weighted by Crippen LogP contribution is -2.26. The van der Waals surface area contributed by atoms with Crippen LogP contribution in [0, 0.1) is 5.92 Å². The van der Waals surface area contributed by atoms with Gasteiger partial charge in [-0.05, 0) is 0 Å². The highest BCUT2D eigenvalue weighted by Gasteiger charge is 2.50. The highest BCUT2D eigenvalue weighted by atomic mass is 19.4. The number of hydrogen-bond donors (Lipinski definition) is 0. The van der Waals surface area contributed by atoms with Gasteiger partial charge in [-0.25, -0.2) is 4.79 Å². The molecule has 1 aliphatic heterocycles. The van der Waals surface area contributed by atoms with Gasteiger partial charge in [0.15, 0.2) is 17.6 Å². The zero-order chi connectivity index (χ0) is 9.35. The van der Waals surface area contributed by atoms with Gasteiger partial charge in [0, 0.05) is 6.42 Å². The average Bonchev–Trinajstić information content (AvgIpc) is 2.29. The number of rotatable bonds is 0. The van der Waals surface area contributed by atoms with Crippen LogP contribution in [0.3, 0.4) is 0 Å². The number of cyclic esters (lactones) is 1. The summed E-state index contributed by atoms with van der Waals surface area (Å²) in [7, 11) is 0. The molecule has 0 bridgehead atoms. The van der Waals surface area contributed by atoms with Crippen molar-refractivity contribution >= 4 is 11.9 Å². The fourth-order valence-corrected chi connectivity index (χ4v) is 0.815. The van der Waals surface area contributed by atoms with Crippen molar-refractivity contribution in [1.29, 1.82) is 0 Å². The molecule has 0 N–H and O–H groups in total. The Morgan fingerprint density at radius 3 is 2.33 bits per heavy atom. The molecule has 1 saturated heterocycles. The maximum absolute atomic E-state index is 11.9. The van der Waals surface area contributed by atoms with E-state index in [-0.39, 0.29) is 0 Å². The van der Waals surface area contributed by atoms with E-state index in [0.717, 1.165) is 5.94 Å². The zero-order valence-corrected chi connectivity index (χ0v) is 5.64. The summed E-state index contributed by atoms with van der Waals surface area (Å²) in [6.07, 6.45) is -5.37. The Balaban J connectivity index is 2.84. The van der Waals surface area contributed by atoms with E-state index in [1.165, 1.54) is 0 Å². The van der Waals surface area contributed by atoms with Crippen LogP contribution in [0.15, 0.2) is 5.76 Å². The number of carbonyl (C=O) groups is 1. The van der Waals surface area contributed by atoms with Crippen LogP contribution in [-0.2, 0) is 14.3 Å². The van der Waals surface area contributed by atoms with E-state index in [4.69, 9.17) is 0 Å². The smallest absolute Gasteiger partial charge is 0.402 e. The second-order valence-electron chi connectivity index (χ2n) is 2.24. The quantitative estimate of drug-likeness (QED) is 0.409.